The fourth-order valence-corrected chi connectivity index (χ4v) is 2.21. The van der Waals surface area contributed by atoms with Crippen LogP contribution in [0, 0.1) is 12.3 Å². The molecule has 1 amide bonds. The molecule has 1 aliphatic rings. The fraction of sp³-hybridized carbons (Fsp3) is 0.429. The smallest absolute Gasteiger partial charge is 0.311 e. The Hall–Kier alpha value is -1.84. The first-order valence-electron chi connectivity index (χ1n) is 6.12. The van der Waals surface area contributed by atoms with Crippen molar-refractivity contribution >= 4 is 11.9 Å². The maximum atomic E-state index is 11.9. The van der Waals surface area contributed by atoms with Gasteiger partial charge < -0.3 is 10.4 Å². The second-order valence-electron chi connectivity index (χ2n) is 4.99. The molecule has 2 rings (SSSR count). The van der Waals surface area contributed by atoms with Crippen LogP contribution in [0.15, 0.2) is 24.3 Å². The lowest BCUT2D eigenvalue weighted by atomic mass is 9.69. The topological polar surface area (TPSA) is 66.4 Å². The van der Waals surface area contributed by atoms with Gasteiger partial charge in [0, 0.05) is 12.1 Å². The molecule has 1 aliphatic carbocycles. The van der Waals surface area contributed by atoms with Gasteiger partial charge in [0.25, 0.3) is 5.91 Å². The van der Waals surface area contributed by atoms with Crippen LogP contribution in [0.5, 0.6) is 0 Å². The van der Waals surface area contributed by atoms with E-state index in [1.165, 1.54) is 0 Å². The summed E-state index contributed by atoms with van der Waals surface area (Å²) >= 11 is 0. The van der Waals surface area contributed by atoms with Crippen molar-refractivity contribution in [1.29, 1.82) is 0 Å². The Labute approximate surface area is 106 Å². The van der Waals surface area contributed by atoms with E-state index in [-0.39, 0.29) is 12.5 Å². The summed E-state index contributed by atoms with van der Waals surface area (Å²) in [5, 5.41) is 11.9. The van der Waals surface area contributed by atoms with Crippen LogP contribution in [-0.2, 0) is 4.79 Å². The molecule has 0 bridgehead atoms. The first-order chi connectivity index (χ1) is 8.53. The van der Waals surface area contributed by atoms with Crippen LogP contribution in [0.2, 0.25) is 0 Å². The number of aliphatic carboxylic acids is 1. The molecule has 0 unspecified atom stereocenters. The van der Waals surface area contributed by atoms with E-state index < -0.39 is 11.4 Å². The molecule has 1 saturated carbocycles. The summed E-state index contributed by atoms with van der Waals surface area (Å²) in [6.07, 6.45) is 2.22. The van der Waals surface area contributed by atoms with Gasteiger partial charge in [-0.2, -0.15) is 0 Å². The zero-order valence-corrected chi connectivity index (χ0v) is 10.4. The summed E-state index contributed by atoms with van der Waals surface area (Å²) in [6, 6.07) is 7.27. The molecule has 96 valence electrons. The van der Waals surface area contributed by atoms with Crippen molar-refractivity contribution in [3.8, 4) is 0 Å². The van der Waals surface area contributed by atoms with Crippen LogP contribution < -0.4 is 5.32 Å². The number of benzene rings is 1. The third-order valence-electron chi connectivity index (χ3n) is 3.63. The molecule has 0 radical (unpaired) electrons. The second-order valence-corrected chi connectivity index (χ2v) is 4.99. The lowest BCUT2D eigenvalue weighted by Gasteiger charge is -2.37. The molecule has 0 aromatic heterocycles. The van der Waals surface area contributed by atoms with Crippen molar-refractivity contribution in [1.82, 2.24) is 5.32 Å². The van der Waals surface area contributed by atoms with Gasteiger partial charge in [-0.05, 0) is 31.9 Å². The number of nitrogens with one attached hydrogen (secondary N) is 1. The van der Waals surface area contributed by atoms with Crippen LogP contribution >= 0.6 is 0 Å². The van der Waals surface area contributed by atoms with E-state index in [9.17, 15) is 9.59 Å². The Morgan fingerprint density at radius 2 is 2.11 bits per heavy atom. The standard InChI is InChI=1S/C14H17NO3/c1-10-4-2-5-11(8-10)12(16)15-9-14(13(17)18)6-3-7-14/h2,4-5,8H,3,6-7,9H2,1H3,(H,15,16)(H,17,18). The van der Waals surface area contributed by atoms with E-state index in [0.29, 0.717) is 18.4 Å². The number of amides is 1. The molecule has 1 aromatic rings. The van der Waals surface area contributed by atoms with Crippen molar-refractivity contribution in [3.05, 3.63) is 35.4 Å². The van der Waals surface area contributed by atoms with E-state index in [0.717, 1.165) is 12.0 Å². The van der Waals surface area contributed by atoms with E-state index >= 15 is 0 Å². The summed E-state index contributed by atoms with van der Waals surface area (Å²) in [7, 11) is 0. The average Bonchev–Trinajstić information content (AvgIpc) is 2.26. The Bertz CT molecular complexity index is 478. The Morgan fingerprint density at radius 3 is 2.61 bits per heavy atom. The zero-order valence-electron chi connectivity index (χ0n) is 10.4. The van der Waals surface area contributed by atoms with E-state index in [1.54, 1.807) is 12.1 Å². The molecular formula is C14H17NO3. The van der Waals surface area contributed by atoms with Crippen LogP contribution in [0.1, 0.15) is 35.2 Å². The van der Waals surface area contributed by atoms with Gasteiger partial charge in [0.05, 0.1) is 5.41 Å². The molecule has 0 saturated heterocycles. The molecule has 0 aliphatic heterocycles. The molecule has 18 heavy (non-hydrogen) atoms. The quantitative estimate of drug-likeness (QED) is 0.855. The molecule has 0 spiro atoms. The maximum absolute atomic E-state index is 11.9. The van der Waals surface area contributed by atoms with E-state index in [1.807, 2.05) is 19.1 Å². The van der Waals surface area contributed by atoms with Gasteiger partial charge in [0.1, 0.15) is 0 Å². The lowest BCUT2D eigenvalue weighted by Crippen LogP contribution is -2.47. The van der Waals surface area contributed by atoms with E-state index in [2.05, 4.69) is 5.32 Å². The number of carbonyl (C=O) groups is 2. The van der Waals surface area contributed by atoms with Crippen LogP contribution in [0.4, 0.5) is 0 Å². The highest BCUT2D eigenvalue weighted by atomic mass is 16.4. The highest BCUT2D eigenvalue weighted by molar-refractivity contribution is 5.94. The first kappa shape index (κ1) is 12.6. The third kappa shape index (κ3) is 2.37. The lowest BCUT2D eigenvalue weighted by molar-refractivity contribution is -0.153. The van der Waals surface area contributed by atoms with Crippen LogP contribution in [0.25, 0.3) is 0 Å². The Balaban J connectivity index is 1.98. The summed E-state index contributed by atoms with van der Waals surface area (Å²) < 4.78 is 0. The third-order valence-corrected chi connectivity index (χ3v) is 3.63. The number of hydrogen-bond acceptors (Lipinski definition) is 2. The van der Waals surface area contributed by atoms with E-state index in [4.69, 9.17) is 5.11 Å². The molecule has 0 heterocycles. The molecular weight excluding hydrogens is 230 g/mol. The predicted octanol–water partition coefficient (Wildman–Crippen LogP) is 1.98. The number of carbonyl (C=O) groups excluding carboxylic acids is 1. The summed E-state index contributed by atoms with van der Waals surface area (Å²) in [5.41, 5.74) is 0.855. The number of hydrogen-bond donors (Lipinski definition) is 2. The average molecular weight is 247 g/mol. The van der Waals surface area contributed by atoms with Crippen LogP contribution in [-0.4, -0.2) is 23.5 Å². The number of carboxylic acids is 1. The van der Waals surface area contributed by atoms with Crippen molar-refractivity contribution in [2.45, 2.75) is 26.2 Å². The normalized spacial score (nSPS) is 16.7. The minimum Gasteiger partial charge on any atom is -0.481 e. The maximum Gasteiger partial charge on any atom is 0.311 e. The van der Waals surface area contributed by atoms with Gasteiger partial charge in [0.2, 0.25) is 0 Å². The van der Waals surface area contributed by atoms with Gasteiger partial charge in [-0.1, -0.05) is 24.1 Å². The van der Waals surface area contributed by atoms with Crippen molar-refractivity contribution in [2.75, 3.05) is 6.54 Å². The highest BCUT2D eigenvalue weighted by Crippen LogP contribution is 2.40. The molecule has 1 fully saturated rings. The first-order valence-corrected chi connectivity index (χ1v) is 6.12. The summed E-state index contributed by atoms with van der Waals surface area (Å²) in [6.45, 7) is 2.14. The highest BCUT2D eigenvalue weighted by Gasteiger charge is 2.44. The van der Waals surface area contributed by atoms with Crippen molar-refractivity contribution < 1.29 is 14.7 Å². The van der Waals surface area contributed by atoms with Gasteiger partial charge in [0.15, 0.2) is 0 Å². The number of carboxylic acid groups (broad SMARTS) is 1. The van der Waals surface area contributed by atoms with Crippen molar-refractivity contribution in [2.24, 2.45) is 5.41 Å². The van der Waals surface area contributed by atoms with Crippen LogP contribution in [0.3, 0.4) is 0 Å². The Kier molecular flexibility index (Phi) is 3.36. The minimum atomic E-state index is -0.807. The minimum absolute atomic E-state index is 0.203. The van der Waals surface area contributed by atoms with Gasteiger partial charge in [-0.15, -0.1) is 0 Å². The summed E-state index contributed by atoms with van der Waals surface area (Å²) in [5.74, 6) is -1.01. The fourth-order valence-electron chi connectivity index (χ4n) is 2.21. The molecule has 4 nitrogen and oxygen atoms in total. The van der Waals surface area contributed by atoms with Gasteiger partial charge in [-0.25, -0.2) is 0 Å². The molecule has 4 heteroatoms. The van der Waals surface area contributed by atoms with Crippen molar-refractivity contribution in [3.63, 3.8) is 0 Å². The zero-order chi connectivity index (χ0) is 13.2. The Morgan fingerprint density at radius 1 is 1.39 bits per heavy atom. The number of rotatable bonds is 4. The number of aryl methyl sites for hydroxylation is 1. The molecule has 1 aromatic carbocycles. The van der Waals surface area contributed by atoms with Gasteiger partial charge in [-0.3, -0.25) is 9.59 Å². The second kappa shape index (κ2) is 4.80. The monoisotopic (exact) mass is 247 g/mol. The molecule has 0 atom stereocenters. The predicted molar refractivity (Wildman–Crippen MR) is 67.4 cm³/mol. The SMILES string of the molecule is Cc1cccc(C(=O)NCC2(C(=O)O)CCC2)c1. The molecule has 2 N–H and O–H groups in total. The summed E-state index contributed by atoms with van der Waals surface area (Å²) in [4.78, 5) is 23.1. The van der Waals surface area contributed by atoms with Gasteiger partial charge >= 0.3 is 5.97 Å². The largest absolute Gasteiger partial charge is 0.481 e.